The van der Waals surface area contributed by atoms with Crippen molar-refractivity contribution in [2.24, 2.45) is 5.73 Å². The molecule has 1 aromatic rings. The number of nitrogens with zero attached hydrogens (tertiary/aromatic N) is 1. The minimum absolute atomic E-state index is 0.230. The van der Waals surface area contributed by atoms with Crippen molar-refractivity contribution in [3.05, 3.63) is 35.1 Å². The summed E-state index contributed by atoms with van der Waals surface area (Å²) in [4.78, 5) is 2.15. The van der Waals surface area contributed by atoms with Crippen molar-refractivity contribution < 1.29 is 9.13 Å². The highest BCUT2D eigenvalue weighted by molar-refractivity contribution is 5.24. The Morgan fingerprint density at radius 1 is 1.39 bits per heavy atom. The largest absolute Gasteiger partial charge is 0.377 e. The Balaban J connectivity index is 2.46. The lowest BCUT2D eigenvalue weighted by molar-refractivity contribution is 0.0627. The first-order valence-corrected chi connectivity index (χ1v) is 6.30. The van der Waals surface area contributed by atoms with E-state index in [0.717, 1.165) is 18.7 Å². The smallest absolute Gasteiger partial charge is 0.127 e. The van der Waals surface area contributed by atoms with E-state index in [1.54, 1.807) is 6.07 Å². The van der Waals surface area contributed by atoms with Crippen LogP contribution in [0.1, 0.15) is 25.0 Å². The van der Waals surface area contributed by atoms with Gasteiger partial charge in [-0.1, -0.05) is 12.1 Å². The molecule has 0 spiro atoms. The minimum atomic E-state index is -0.230. The lowest BCUT2D eigenvalue weighted by atomic mass is 10.1. The number of nitrogens with two attached hydrogens (primary N) is 1. The van der Waals surface area contributed by atoms with Gasteiger partial charge in [0.15, 0.2) is 0 Å². The number of halogens is 1. The molecule has 0 heterocycles. The van der Waals surface area contributed by atoms with Crippen LogP contribution in [0.3, 0.4) is 0 Å². The summed E-state index contributed by atoms with van der Waals surface area (Å²) < 4.78 is 18.8. The van der Waals surface area contributed by atoms with E-state index in [9.17, 15) is 4.39 Å². The quantitative estimate of drug-likeness (QED) is 0.810. The summed E-state index contributed by atoms with van der Waals surface area (Å²) in [6.45, 7) is 6.61. The monoisotopic (exact) mass is 254 g/mol. The molecule has 0 atom stereocenters. The zero-order valence-electron chi connectivity index (χ0n) is 11.4. The van der Waals surface area contributed by atoms with E-state index in [2.05, 4.69) is 4.90 Å². The predicted molar refractivity (Wildman–Crippen MR) is 71.7 cm³/mol. The van der Waals surface area contributed by atoms with Crippen LogP contribution in [0.2, 0.25) is 0 Å². The Kier molecular flexibility index (Phi) is 6.25. The molecular weight excluding hydrogens is 231 g/mol. The molecule has 0 saturated carbocycles. The maximum absolute atomic E-state index is 13.3. The highest BCUT2D eigenvalue weighted by Gasteiger charge is 2.05. The van der Waals surface area contributed by atoms with E-state index in [4.69, 9.17) is 10.5 Å². The molecule has 0 aliphatic rings. The molecule has 18 heavy (non-hydrogen) atoms. The molecule has 0 saturated heterocycles. The van der Waals surface area contributed by atoms with Gasteiger partial charge in [-0.2, -0.15) is 0 Å². The van der Waals surface area contributed by atoms with E-state index in [1.165, 1.54) is 6.07 Å². The maximum Gasteiger partial charge on any atom is 0.127 e. The van der Waals surface area contributed by atoms with Gasteiger partial charge in [-0.15, -0.1) is 0 Å². The summed E-state index contributed by atoms with van der Waals surface area (Å²) in [7, 11) is 2.02. The third kappa shape index (κ3) is 5.12. The molecule has 0 unspecified atom stereocenters. The summed E-state index contributed by atoms with van der Waals surface area (Å²) in [6.07, 6.45) is 0.257. The van der Waals surface area contributed by atoms with Gasteiger partial charge in [0.25, 0.3) is 0 Å². The molecule has 1 rings (SSSR count). The molecule has 4 heteroatoms. The molecular formula is C14H23FN2O. The van der Waals surface area contributed by atoms with Gasteiger partial charge < -0.3 is 10.5 Å². The van der Waals surface area contributed by atoms with Crippen LogP contribution in [0, 0.1) is 5.82 Å². The molecule has 0 bridgehead atoms. The molecule has 0 aliphatic heterocycles. The molecule has 0 fully saturated rings. The third-order valence-corrected chi connectivity index (χ3v) is 2.71. The van der Waals surface area contributed by atoms with Gasteiger partial charge >= 0.3 is 0 Å². The fraction of sp³-hybridized carbons (Fsp3) is 0.571. The van der Waals surface area contributed by atoms with Gasteiger partial charge in [0.1, 0.15) is 5.82 Å². The van der Waals surface area contributed by atoms with Crippen molar-refractivity contribution in [1.29, 1.82) is 0 Å². The summed E-state index contributed by atoms with van der Waals surface area (Å²) in [6, 6.07) is 5.11. The number of ether oxygens (including phenoxy) is 1. The van der Waals surface area contributed by atoms with Gasteiger partial charge in [-0.25, -0.2) is 4.39 Å². The first kappa shape index (κ1) is 15.1. The molecule has 2 N–H and O–H groups in total. The third-order valence-electron chi connectivity index (χ3n) is 2.71. The van der Waals surface area contributed by atoms with Crippen LogP contribution in [0.4, 0.5) is 4.39 Å². The van der Waals surface area contributed by atoms with Crippen LogP contribution < -0.4 is 5.73 Å². The molecule has 0 amide bonds. The van der Waals surface area contributed by atoms with E-state index >= 15 is 0 Å². The topological polar surface area (TPSA) is 38.5 Å². The van der Waals surface area contributed by atoms with Crippen molar-refractivity contribution in [3.63, 3.8) is 0 Å². The van der Waals surface area contributed by atoms with E-state index in [-0.39, 0.29) is 18.5 Å². The van der Waals surface area contributed by atoms with Crippen LogP contribution >= 0.6 is 0 Å². The number of hydrogen-bond acceptors (Lipinski definition) is 3. The highest BCUT2D eigenvalue weighted by atomic mass is 19.1. The van der Waals surface area contributed by atoms with Crippen LogP contribution in [-0.2, 0) is 17.8 Å². The highest BCUT2D eigenvalue weighted by Crippen LogP contribution is 2.11. The summed E-state index contributed by atoms with van der Waals surface area (Å²) in [5.74, 6) is -0.230. The first-order valence-electron chi connectivity index (χ1n) is 6.30. The van der Waals surface area contributed by atoms with Crippen LogP contribution in [0.5, 0.6) is 0 Å². The summed E-state index contributed by atoms with van der Waals surface area (Å²) >= 11 is 0. The van der Waals surface area contributed by atoms with Gasteiger partial charge in [-0.05, 0) is 32.5 Å². The average molecular weight is 254 g/mol. The molecule has 102 valence electrons. The fourth-order valence-electron chi connectivity index (χ4n) is 1.72. The zero-order valence-corrected chi connectivity index (χ0v) is 11.4. The average Bonchev–Trinajstić information content (AvgIpc) is 2.31. The standard InChI is InChI=1S/C14H23FN2O/c1-11(2)18-7-6-17(3)10-12-4-5-14(15)13(8-12)9-16/h4-5,8,11H,6-7,9-10,16H2,1-3H3. The van der Waals surface area contributed by atoms with Crippen molar-refractivity contribution in [2.75, 3.05) is 20.2 Å². The second-order valence-corrected chi connectivity index (χ2v) is 4.79. The number of rotatable bonds is 7. The van der Waals surface area contributed by atoms with Gasteiger partial charge in [-0.3, -0.25) is 4.90 Å². The Bertz CT molecular complexity index is 369. The Hall–Kier alpha value is -0.970. The number of hydrogen-bond donors (Lipinski definition) is 1. The molecule has 1 aromatic carbocycles. The van der Waals surface area contributed by atoms with Crippen LogP contribution in [-0.4, -0.2) is 31.2 Å². The lowest BCUT2D eigenvalue weighted by Crippen LogP contribution is -2.24. The Morgan fingerprint density at radius 2 is 2.11 bits per heavy atom. The van der Waals surface area contributed by atoms with Crippen molar-refractivity contribution in [2.45, 2.75) is 33.0 Å². The zero-order chi connectivity index (χ0) is 13.5. The first-order chi connectivity index (χ1) is 8.52. The predicted octanol–water partition coefficient (Wildman–Crippen LogP) is 2.14. The maximum atomic E-state index is 13.3. The SMILES string of the molecule is CC(C)OCCN(C)Cc1ccc(F)c(CN)c1. The summed E-state index contributed by atoms with van der Waals surface area (Å²) in [5, 5.41) is 0. The van der Waals surface area contributed by atoms with E-state index in [0.29, 0.717) is 12.2 Å². The van der Waals surface area contributed by atoms with E-state index in [1.807, 2.05) is 27.0 Å². The van der Waals surface area contributed by atoms with Gasteiger partial charge in [0.05, 0.1) is 12.7 Å². The second-order valence-electron chi connectivity index (χ2n) is 4.79. The molecule has 3 nitrogen and oxygen atoms in total. The Morgan fingerprint density at radius 3 is 2.72 bits per heavy atom. The Labute approximate surface area is 109 Å². The van der Waals surface area contributed by atoms with Crippen LogP contribution in [0.25, 0.3) is 0 Å². The summed E-state index contributed by atoms with van der Waals surface area (Å²) in [5.41, 5.74) is 7.13. The van der Waals surface area contributed by atoms with E-state index < -0.39 is 0 Å². The fourth-order valence-corrected chi connectivity index (χ4v) is 1.72. The van der Waals surface area contributed by atoms with Crippen molar-refractivity contribution in [3.8, 4) is 0 Å². The normalized spacial score (nSPS) is 11.5. The number of likely N-dealkylation sites (N-methyl/N-ethyl adjacent to an activating group) is 1. The molecule has 0 aromatic heterocycles. The second kappa shape index (κ2) is 7.46. The van der Waals surface area contributed by atoms with Crippen molar-refractivity contribution >= 4 is 0 Å². The number of benzene rings is 1. The van der Waals surface area contributed by atoms with Gasteiger partial charge in [0.2, 0.25) is 0 Å². The van der Waals surface area contributed by atoms with Crippen LogP contribution in [0.15, 0.2) is 18.2 Å². The molecule has 0 radical (unpaired) electrons. The minimum Gasteiger partial charge on any atom is -0.377 e. The molecule has 0 aliphatic carbocycles. The van der Waals surface area contributed by atoms with Crippen molar-refractivity contribution in [1.82, 2.24) is 4.90 Å². The lowest BCUT2D eigenvalue weighted by Gasteiger charge is -2.18. The van der Waals surface area contributed by atoms with Gasteiger partial charge in [0, 0.05) is 25.2 Å².